The summed E-state index contributed by atoms with van der Waals surface area (Å²) in [6, 6.07) is 9.30. The number of anilines is 1. The van der Waals surface area contributed by atoms with E-state index in [1.165, 1.54) is 0 Å². The van der Waals surface area contributed by atoms with Gasteiger partial charge in [0.15, 0.2) is 0 Å². The molecule has 0 unspecified atom stereocenters. The van der Waals surface area contributed by atoms with Crippen LogP contribution in [0.25, 0.3) is 0 Å². The number of nitrogens with one attached hydrogen (secondary N) is 2. The number of piperidine rings is 1. The number of hydrogen-bond donors (Lipinski definition) is 3. The molecule has 0 saturated carbocycles. The van der Waals surface area contributed by atoms with Crippen LogP contribution in [0.5, 0.6) is 0 Å². The van der Waals surface area contributed by atoms with Gasteiger partial charge in [0.05, 0.1) is 11.9 Å². The number of carbonyl (C=O) groups excluding carboxylic acids is 2. The molecule has 0 bridgehead atoms. The van der Waals surface area contributed by atoms with Gasteiger partial charge in [0.1, 0.15) is 6.04 Å². The molecule has 2 heterocycles. The Hall–Kier alpha value is -2.94. The smallest absolute Gasteiger partial charge is 0.328 e. The number of nitrogens with zero attached hydrogens (tertiary/aromatic N) is 2. The molecule has 0 aliphatic carbocycles. The fourth-order valence-electron chi connectivity index (χ4n) is 3.35. The Bertz CT molecular complexity index is 901. The highest BCUT2D eigenvalue weighted by Gasteiger charge is 2.29. The van der Waals surface area contributed by atoms with E-state index in [-0.39, 0.29) is 24.3 Å². The zero-order chi connectivity index (χ0) is 21.5. The van der Waals surface area contributed by atoms with Crippen molar-refractivity contribution < 1.29 is 19.5 Å². The first-order valence-electron chi connectivity index (χ1n) is 9.66. The monoisotopic (exact) mass is 474 g/mol. The van der Waals surface area contributed by atoms with Gasteiger partial charge in [0.25, 0.3) is 5.91 Å². The molecular weight excluding hydrogens is 452 g/mol. The molecule has 1 aliphatic heterocycles. The molecule has 30 heavy (non-hydrogen) atoms. The molecule has 3 rings (SSSR count). The van der Waals surface area contributed by atoms with Gasteiger partial charge in [-0.05, 0) is 47.0 Å². The first-order chi connectivity index (χ1) is 14.4. The number of aliphatic carboxylic acids is 1. The van der Waals surface area contributed by atoms with Gasteiger partial charge in [-0.3, -0.25) is 14.6 Å². The fraction of sp³-hybridized carbons (Fsp3) is 0.333. The van der Waals surface area contributed by atoms with E-state index in [1.807, 2.05) is 6.07 Å². The van der Waals surface area contributed by atoms with Crippen molar-refractivity contribution in [1.29, 1.82) is 0 Å². The number of pyridine rings is 1. The van der Waals surface area contributed by atoms with Crippen molar-refractivity contribution in [2.24, 2.45) is 5.92 Å². The average molecular weight is 475 g/mol. The SMILES string of the molecule is O=C(NC[C@H](NC(=O)C1CCN(c2cncc(Br)c2)CC1)C(=O)O)c1ccccc1. The van der Waals surface area contributed by atoms with E-state index < -0.39 is 12.0 Å². The van der Waals surface area contributed by atoms with Crippen LogP contribution in [0.3, 0.4) is 0 Å². The maximum Gasteiger partial charge on any atom is 0.328 e. The number of halogens is 1. The average Bonchev–Trinajstić information content (AvgIpc) is 2.76. The summed E-state index contributed by atoms with van der Waals surface area (Å²) in [6.45, 7) is 1.18. The summed E-state index contributed by atoms with van der Waals surface area (Å²) in [5, 5.41) is 14.6. The molecule has 158 valence electrons. The zero-order valence-corrected chi connectivity index (χ0v) is 17.8. The molecule has 1 fully saturated rings. The van der Waals surface area contributed by atoms with Gasteiger partial charge >= 0.3 is 5.97 Å². The lowest BCUT2D eigenvalue weighted by molar-refractivity contribution is -0.142. The second-order valence-corrected chi connectivity index (χ2v) is 8.01. The number of benzene rings is 1. The van der Waals surface area contributed by atoms with E-state index in [0.29, 0.717) is 31.5 Å². The molecular formula is C21H23BrN4O4. The fourth-order valence-corrected chi connectivity index (χ4v) is 3.70. The van der Waals surface area contributed by atoms with E-state index in [9.17, 15) is 19.5 Å². The first kappa shape index (κ1) is 21.8. The second-order valence-electron chi connectivity index (χ2n) is 7.10. The lowest BCUT2D eigenvalue weighted by Crippen LogP contribution is -2.51. The Kier molecular flexibility index (Phi) is 7.40. The predicted molar refractivity (Wildman–Crippen MR) is 115 cm³/mol. The summed E-state index contributed by atoms with van der Waals surface area (Å²) in [4.78, 5) is 42.6. The minimum atomic E-state index is -1.19. The second kappa shape index (κ2) is 10.2. The van der Waals surface area contributed by atoms with Crippen LogP contribution >= 0.6 is 15.9 Å². The van der Waals surface area contributed by atoms with Crippen molar-refractivity contribution in [2.75, 3.05) is 24.5 Å². The predicted octanol–water partition coefficient (Wildman–Crippen LogP) is 2.06. The largest absolute Gasteiger partial charge is 0.480 e. The van der Waals surface area contributed by atoms with Crippen molar-refractivity contribution in [3.8, 4) is 0 Å². The van der Waals surface area contributed by atoms with Crippen LogP contribution in [-0.4, -0.2) is 53.6 Å². The molecule has 1 aromatic heterocycles. The molecule has 0 spiro atoms. The van der Waals surface area contributed by atoms with Crippen LogP contribution in [0.2, 0.25) is 0 Å². The van der Waals surface area contributed by atoms with E-state index in [1.54, 1.807) is 42.7 Å². The van der Waals surface area contributed by atoms with Gasteiger partial charge in [-0.2, -0.15) is 0 Å². The van der Waals surface area contributed by atoms with Crippen molar-refractivity contribution in [3.63, 3.8) is 0 Å². The lowest BCUT2D eigenvalue weighted by Gasteiger charge is -2.33. The number of carboxylic acid groups (broad SMARTS) is 1. The van der Waals surface area contributed by atoms with E-state index >= 15 is 0 Å². The zero-order valence-electron chi connectivity index (χ0n) is 16.3. The number of carboxylic acids is 1. The highest BCUT2D eigenvalue weighted by molar-refractivity contribution is 9.10. The van der Waals surface area contributed by atoms with Gasteiger partial charge in [0.2, 0.25) is 5.91 Å². The molecule has 9 heteroatoms. The van der Waals surface area contributed by atoms with Crippen LogP contribution in [0.15, 0.2) is 53.3 Å². The number of rotatable bonds is 7. The highest BCUT2D eigenvalue weighted by atomic mass is 79.9. The topological polar surface area (TPSA) is 112 Å². The van der Waals surface area contributed by atoms with Crippen LogP contribution < -0.4 is 15.5 Å². The molecule has 2 amide bonds. The molecule has 1 aromatic carbocycles. The van der Waals surface area contributed by atoms with E-state index in [0.717, 1.165) is 10.2 Å². The van der Waals surface area contributed by atoms with Crippen LogP contribution in [0, 0.1) is 5.92 Å². The van der Waals surface area contributed by atoms with Gasteiger partial charge in [-0.25, -0.2) is 4.79 Å². The standard InChI is InChI=1S/C21H23BrN4O4/c22-16-10-17(12-23-11-16)26-8-6-15(7-9-26)20(28)25-18(21(29)30)13-24-19(27)14-4-2-1-3-5-14/h1-5,10-12,15,18H,6-9,13H2,(H,24,27)(H,25,28)(H,29,30)/t18-/m0/s1. The van der Waals surface area contributed by atoms with Crippen molar-refractivity contribution >= 4 is 39.4 Å². The summed E-state index contributed by atoms with van der Waals surface area (Å²) in [6.07, 6.45) is 4.72. The molecule has 1 saturated heterocycles. The van der Waals surface area contributed by atoms with E-state index in [2.05, 4.69) is 36.4 Å². The van der Waals surface area contributed by atoms with Crippen LogP contribution in [-0.2, 0) is 9.59 Å². The number of hydrogen-bond acceptors (Lipinski definition) is 5. The quantitative estimate of drug-likeness (QED) is 0.566. The lowest BCUT2D eigenvalue weighted by atomic mass is 9.95. The first-order valence-corrected chi connectivity index (χ1v) is 10.5. The maximum absolute atomic E-state index is 12.6. The third kappa shape index (κ3) is 5.79. The molecule has 2 aromatic rings. The number of aromatic nitrogens is 1. The Labute approximate surface area is 182 Å². The van der Waals surface area contributed by atoms with Crippen LogP contribution in [0.1, 0.15) is 23.2 Å². The minimum absolute atomic E-state index is 0.183. The third-order valence-corrected chi connectivity index (χ3v) is 5.47. The molecule has 1 aliphatic rings. The third-order valence-electron chi connectivity index (χ3n) is 5.04. The molecule has 0 radical (unpaired) electrons. The maximum atomic E-state index is 12.6. The summed E-state index contributed by atoms with van der Waals surface area (Å²) < 4.78 is 0.890. The number of amides is 2. The van der Waals surface area contributed by atoms with Crippen LogP contribution in [0.4, 0.5) is 5.69 Å². The summed E-state index contributed by atoms with van der Waals surface area (Å²) in [5.41, 5.74) is 1.41. The Morgan fingerprint density at radius 3 is 2.50 bits per heavy atom. The summed E-state index contributed by atoms with van der Waals surface area (Å²) >= 11 is 3.41. The molecule has 8 nitrogen and oxygen atoms in total. The summed E-state index contributed by atoms with van der Waals surface area (Å²) in [5.74, 6) is -2.14. The van der Waals surface area contributed by atoms with Crippen molar-refractivity contribution in [2.45, 2.75) is 18.9 Å². The van der Waals surface area contributed by atoms with Gasteiger partial charge in [0, 0.05) is 41.8 Å². The van der Waals surface area contributed by atoms with Gasteiger partial charge in [-0.15, -0.1) is 0 Å². The molecule has 3 N–H and O–H groups in total. The van der Waals surface area contributed by atoms with E-state index in [4.69, 9.17) is 0 Å². The van der Waals surface area contributed by atoms with Gasteiger partial charge in [-0.1, -0.05) is 18.2 Å². The molecule has 1 atom stereocenters. The summed E-state index contributed by atoms with van der Waals surface area (Å²) in [7, 11) is 0. The Balaban J connectivity index is 1.50. The number of carbonyl (C=O) groups is 3. The van der Waals surface area contributed by atoms with Crippen molar-refractivity contribution in [3.05, 3.63) is 58.8 Å². The Morgan fingerprint density at radius 2 is 1.87 bits per heavy atom. The Morgan fingerprint density at radius 1 is 1.17 bits per heavy atom. The highest BCUT2D eigenvalue weighted by Crippen LogP contribution is 2.25. The minimum Gasteiger partial charge on any atom is -0.480 e. The van der Waals surface area contributed by atoms with Crippen molar-refractivity contribution in [1.82, 2.24) is 15.6 Å². The normalized spacial score (nSPS) is 15.3. The van der Waals surface area contributed by atoms with Gasteiger partial charge < -0.3 is 20.6 Å².